The predicted octanol–water partition coefficient (Wildman–Crippen LogP) is 4.67. The molecule has 0 radical (unpaired) electrons. The molecule has 114 valence electrons. The van der Waals surface area contributed by atoms with E-state index >= 15 is 0 Å². The van der Waals surface area contributed by atoms with E-state index in [9.17, 15) is 19.1 Å². The fourth-order valence-corrected chi connectivity index (χ4v) is 2.82. The molecular formula is C16H14F2N2OS. The average molecular weight is 320 g/mol. The fraction of sp³-hybridized carbons (Fsp3) is 0.250. The molecule has 0 aliphatic rings. The Balaban J connectivity index is 2.60. The lowest BCUT2D eigenvalue weighted by Crippen LogP contribution is -2.11. The molecule has 6 heteroatoms. The maximum atomic E-state index is 13.7. The van der Waals surface area contributed by atoms with Crippen LogP contribution in [0, 0.1) is 23.0 Å². The summed E-state index contributed by atoms with van der Waals surface area (Å²) in [6.07, 6.45) is 0. The summed E-state index contributed by atoms with van der Waals surface area (Å²) in [6.45, 7) is 5.87. The van der Waals surface area contributed by atoms with Crippen molar-refractivity contribution in [3.8, 4) is 6.07 Å². The summed E-state index contributed by atoms with van der Waals surface area (Å²) in [4.78, 5) is 4.29. The minimum Gasteiger partial charge on any atom is -0.506 e. The zero-order chi connectivity index (χ0) is 16.5. The van der Waals surface area contributed by atoms with Crippen LogP contribution in [0.15, 0.2) is 23.6 Å². The van der Waals surface area contributed by atoms with Gasteiger partial charge < -0.3 is 5.11 Å². The van der Waals surface area contributed by atoms with Crippen molar-refractivity contribution in [1.29, 1.82) is 5.26 Å². The van der Waals surface area contributed by atoms with Crippen LogP contribution < -0.4 is 0 Å². The number of hydrogen-bond donors (Lipinski definition) is 1. The summed E-state index contributed by atoms with van der Waals surface area (Å²) in [5.74, 6) is -2.61. The van der Waals surface area contributed by atoms with E-state index in [0.29, 0.717) is 0 Å². The highest BCUT2D eigenvalue weighted by molar-refractivity contribution is 7.11. The Labute approximate surface area is 131 Å². The molecule has 2 aromatic rings. The first-order valence-corrected chi connectivity index (χ1v) is 7.37. The summed E-state index contributed by atoms with van der Waals surface area (Å²) in [7, 11) is 0. The van der Waals surface area contributed by atoms with E-state index in [0.717, 1.165) is 29.2 Å². The second-order valence-electron chi connectivity index (χ2n) is 5.72. The van der Waals surface area contributed by atoms with Gasteiger partial charge in [-0.3, -0.25) is 0 Å². The highest BCUT2D eigenvalue weighted by atomic mass is 32.1. The number of benzene rings is 1. The summed E-state index contributed by atoms with van der Waals surface area (Å²) in [5.41, 5.74) is -0.355. The molecule has 0 saturated heterocycles. The van der Waals surface area contributed by atoms with Crippen LogP contribution in [0.4, 0.5) is 8.78 Å². The number of aliphatic hydroxyl groups is 1. The van der Waals surface area contributed by atoms with Crippen LogP contribution in [-0.4, -0.2) is 10.1 Å². The van der Waals surface area contributed by atoms with Crippen molar-refractivity contribution < 1.29 is 13.9 Å². The first-order chi connectivity index (χ1) is 10.3. The van der Waals surface area contributed by atoms with Gasteiger partial charge in [-0.15, -0.1) is 11.3 Å². The number of rotatable bonds is 2. The molecule has 1 heterocycles. The monoisotopic (exact) mass is 320 g/mol. The Kier molecular flexibility index (Phi) is 4.29. The van der Waals surface area contributed by atoms with Gasteiger partial charge in [-0.2, -0.15) is 5.26 Å². The fourth-order valence-electron chi connectivity index (χ4n) is 1.78. The van der Waals surface area contributed by atoms with Gasteiger partial charge >= 0.3 is 0 Å². The van der Waals surface area contributed by atoms with E-state index in [1.807, 2.05) is 20.8 Å². The average Bonchev–Trinajstić information content (AvgIpc) is 2.89. The molecule has 0 bridgehead atoms. The van der Waals surface area contributed by atoms with Crippen molar-refractivity contribution in [2.75, 3.05) is 0 Å². The minimum absolute atomic E-state index is 0.228. The van der Waals surface area contributed by atoms with E-state index in [1.54, 1.807) is 11.4 Å². The molecule has 0 unspecified atom stereocenters. The van der Waals surface area contributed by atoms with Gasteiger partial charge in [0.15, 0.2) is 0 Å². The molecule has 1 aromatic carbocycles. The van der Waals surface area contributed by atoms with Gasteiger partial charge in [0.1, 0.15) is 34.0 Å². The Morgan fingerprint density at radius 3 is 2.32 bits per heavy atom. The molecule has 1 aromatic heterocycles. The van der Waals surface area contributed by atoms with Crippen LogP contribution in [0.3, 0.4) is 0 Å². The molecular weight excluding hydrogens is 306 g/mol. The Bertz CT molecular complexity index is 762. The normalized spacial score (nSPS) is 12.7. The molecule has 3 nitrogen and oxygen atoms in total. The zero-order valence-electron chi connectivity index (χ0n) is 12.3. The molecule has 0 saturated carbocycles. The third-order valence-electron chi connectivity index (χ3n) is 3.03. The van der Waals surface area contributed by atoms with Crippen LogP contribution in [0.25, 0.3) is 11.3 Å². The predicted molar refractivity (Wildman–Crippen MR) is 82.2 cm³/mol. The minimum atomic E-state index is -0.933. The van der Waals surface area contributed by atoms with Gasteiger partial charge in [0.2, 0.25) is 0 Å². The molecule has 0 atom stereocenters. The van der Waals surface area contributed by atoms with Gasteiger partial charge in [0.25, 0.3) is 0 Å². The second-order valence-corrected chi connectivity index (χ2v) is 6.58. The Hall–Kier alpha value is -2.26. The van der Waals surface area contributed by atoms with E-state index in [4.69, 9.17) is 0 Å². The molecule has 2 rings (SSSR count). The van der Waals surface area contributed by atoms with Crippen molar-refractivity contribution in [1.82, 2.24) is 4.98 Å². The lowest BCUT2D eigenvalue weighted by atomic mass is 9.93. The largest absolute Gasteiger partial charge is 0.506 e. The summed E-state index contributed by atoms with van der Waals surface area (Å²) in [5, 5.41) is 21.4. The highest BCUT2D eigenvalue weighted by Crippen LogP contribution is 2.32. The maximum Gasteiger partial charge on any atom is 0.149 e. The Morgan fingerprint density at radius 1 is 1.27 bits per heavy atom. The van der Waals surface area contributed by atoms with Crippen LogP contribution in [0.2, 0.25) is 0 Å². The van der Waals surface area contributed by atoms with Crippen molar-refractivity contribution in [3.63, 3.8) is 0 Å². The summed E-state index contributed by atoms with van der Waals surface area (Å²) < 4.78 is 27.5. The van der Waals surface area contributed by atoms with E-state index < -0.39 is 23.0 Å². The van der Waals surface area contributed by atoms with Gasteiger partial charge in [-0.05, 0) is 12.1 Å². The third kappa shape index (κ3) is 3.00. The van der Waals surface area contributed by atoms with Gasteiger partial charge in [-0.25, -0.2) is 13.8 Å². The Morgan fingerprint density at radius 2 is 1.86 bits per heavy atom. The number of allylic oxidation sites excluding steroid dienone is 1. The molecule has 1 N–H and O–H groups in total. The number of aromatic nitrogens is 1. The molecule has 0 spiro atoms. The lowest BCUT2D eigenvalue weighted by molar-refractivity contribution is 0.490. The van der Waals surface area contributed by atoms with Crippen LogP contribution in [-0.2, 0) is 5.41 Å². The van der Waals surface area contributed by atoms with E-state index in [-0.39, 0.29) is 16.0 Å². The molecule has 22 heavy (non-hydrogen) atoms. The standard InChI is InChI=1S/C16H14F2N2OS/c1-16(2,3)12-8-22-15(20-12)9(7-19)14(21)13-10(17)5-4-6-11(13)18/h4-6,8,21H,1-3H3. The number of nitrogens with zero attached hydrogens (tertiary/aromatic N) is 2. The number of aliphatic hydroxyl groups excluding tert-OH is 1. The smallest absolute Gasteiger partial charge is 0.149 e. The lowest BCUT2D eigenvalue weighted by Gasteiger charge is -2.14. The number of hydrogen-bond acceptors (Lipinski definition) is 4. The van der Waals surface area contributed by atoms with Crippen molar-refractivity contribution in [2.45, 2.75) is 26.2 Å². The SMILES string of the molecule is CC(C)(C)c1csc(C(C#N)=C(O)c2c(F)cccc2F)n1. The number of nitriles is 1. The molecule has 0 fully saturated rings. The first kappa shape index (κ1) is 16.1. The van der Waals surface area contributed by atoms with Crippen LogP contribution in [0.1, 0.15) is 37.0 Å². The van der Waals surface area contributed by atoms with Crippen LogP contribution >= 0.6 is 11.3 Å². The third-order valence-corrected chi connectivity index (χ3v) is 3.89. The zero-order valence-corrected chi connectivity index (χ0v) is 13.1. The number of thiazole rings is 1. The van der Waals surface area contributed by atoms with Crippen molar-refractivity contribution in [3.05, 3.63) is 51.5 Å². The molecule has 0 aliphatic carbocycles. The van der Waals surface area contributed by atoms with Crippen molar-refractivity contribution in [2.24, 2.45) is 0 Å². The van der Waals surface area contributed by atoms with Gasteiger partial charge in [0, 0.05) is 10.8 Å². The molecule has 0 amide bonds. The van der Waals surface area contributed by atoms with E-state index in [2.05, 4.69) is 4.98 Å². The summed E-state index contributed by atoms with van der Waals surface area (Å²) in [6, 6.07) is 5.01. The second kappa shape index (κ2) is 5.85. The van der Waals surface area contributed by atoms with Gasteiger partial charge in [0.05, 0.1) is 11.3 Å². The maximum absolute atomic E-state index is 13.7. The molecule has 0 aliphatic heterocycles. The van der Waals surface area contributed by atoms with Gasteiger partial charge in [-0.1, -0.05) is 26.8 Å². The van der Waals surface area contributed by atoms with Crippen molar-refractivity contribution >= 4 is 22.7 Å². The topological polar surface area (TPSA) is 56.9 Å². The van der Waals surface area contributed by atoms with E-state index in [1.165, 1.54) is 6.07 Å². The number of halogens is 2. The highest BCUT2D eigenvalue weighted by Gasteiger charge is 2.23. The quantitative estimate of drug-likeness (QED) is 0.646. The first-order valence-electron chi connectivity index (χ1n) is 6.49. The summed E-state index contributed by atoms with van der Waals surface area (Å²) >= 11 is 1.15. The van der Waals surface area contributed by atoms with Crippen LogP contribution in [0.5, 0.6) is 0 Å².